The Kier molecular flexibility index (Phi) is 2.85. The van der Waals surface area contributed by atoms with Crippen LogP contribution in [0.5, 0.6) is 5.75 Å². The molecule has 3 aromatic rings. The van der Waals surface area contributed by atoms with E-state index in [0.29, 0.717) is 0 Å². The lowest BCUT2D eigenvalue weighted by atomic mass is 10.1. The van der Waals surface area contributed by atoms with Gasteiger partial charge < -0.3 is 9.84 Å². The molecule has 7 heteroatoms. The summed E-state index contributed by atoms with van der Waals surface area (Å²) in [5, 5.41) is 22.9. The third kappa shape index (κ3) is 2.06. The third-order valence-corrected chi connectivity index (χ3v) is 3.82. The highest BCUT2D eigenvalue weighted by Crippen LogP contribution is 2.32. The number of nitrogens with zero attached hydrogens (tertiary/aromatic N) is 5. The molecule has 0 amide bonds. The van der Waals surface area contributed by atoms with Gasteiger partial charge in [0.15, 0.2) is 6.23 Å². The van der Waals surface area contributed by atoms with Crippen LogP contribution in [0.2, 0.25) is 0 Å². The quantitative estimate of drug-likeness (QED) is 0.779. The van der Waals surface area contributed by atoms with Gasteiger partial charge in [-0.15, -0.1) is 10.2 Å². The largest absolute Gasteiger partial charge is 0.507 e. The van der Waals surface area contributed by atoms with Crippen LogP contribution in [-0.2, 0) is 4.74 Å². The average molecular weight is 285 g/mol. The first-order valence-electron chi connectivity index (χ1n) is 7.00. The first kappa shape index (κ1) is 12.3. The van der Waals surface area contributed by atoms with Crippen LogP contribution in [0.1, 0.15) is 25.5 Å². The van der Waals surface area contributed by atoms with Gasteiger partial charge in [-0.2, -0.15) is 5.10 Å². The highest BCUT2D eigenvalue weighted by atomic mass is 16.5. The van der Waals surface area contributed by atoms with E-state index in [9.17, 15) is 5.11 Å². The molecular formula is C14H15N5O2. The van der Waals surface area contributed by atoms with E-state index in [1.54, 1.807) is 29.5 Å². The number of ether oxygens (including phenoxy) is 1. The second-order valence-electron chi connectivity index (χ2n) is 5.18. The zero-order chi connectivity index (χ0) is 14.2. The van der Waals surface area contributed by atoms with E-state index in [1.807, 2.05) is 10.7 Å². The number of rotatable bonds is 2. The lowest BCUT2D eigenvalue weighted by Gasteiger charge is -2.23. The van der Waals surface area contributed by atoms with Gasteiger partial charge in [-0.25, -0.2) is 4.68 Å². The molecule has 0 bridgehead atoms. The predicted molar refractivity (Wildman–Crippen MR) is 75.2 cm³/mol. The second kappa shape index (κ2) is 4.85. The normalized spacial score (nSPS) is 19.1. The molecule has 1 atom stereocenters. The topological polar surface area (TPSA) is 78.0 Å². The molecule has 1 aliphatic heterocycles. The molecule has 1 aliphatic rings. The zero-order valence-electron chi connectivity index (χ0n) is 11.4. The molecule has 7 nitrogen and oxygen atoms in total. The lowest BCUT2D eigenvalue weighted by Crippen LogP contribution is -2.19. The van der Waals surface area contributed by atoms with Gasteiger partial charge in [-0.1, -0.05) is 0 Å². The number of fused-ring (bicyclic) bond motifs is 1. The lowest BCUT2D eigenvalue weighted by molar-refractivity contribution is -0.0366. The molecule has 0 radical (unpaired) electrons. The van der Waals surface area contributed by atoms with E-state index in [1.165, 1.54) is 0 Å². The van der Waals surface area contributed by atoms with Gasteiger partial charge in [-0.3, -0.25) is 4.57 Å². The Morgan fingerprint density at radius 1 is 1.19 bits per heavy atom. The number of hydrogen-bond donors (Lipinski definition) is 1. The summed E-state index contributed by atoms with van der Waals surface area (Å²) in [4.78, 5) is 0. The molecule has 0 spiro atoms. The Bertz CT molecular complexity index is 759. The van der Waals surface area contributed by atoms with Crippen LogP contribution in [0.3, 0.4) is 0 Å². The van der Waals surface area contributed by atoms with Crippen molar-refractivity contribution in [3.63, 3.8) is 0 Å². The van der Waals surface area contributed by atoms with Crippen LogP contribution in [0, 0.1) is 0 Å². The van der Waals surface area contributed by atoms with Crippen LogP contribution >= 0.6 is 0 Å². The Morgan fingerprint density at radius 3 is 2.81 bits per heavy atom. The maximum Gasteiger partial charge on any atom is 0.150 e. The summed E-state index contributed by atoms with van der Waals surface area (Å²) in [6, 6.07) is 3.64. The first-order valence-corrected chi connectivity index (χ1v) is 7.00. The molecular weight excluding hydrogens is 270 g/mol. The van der Waals surface area contributed by atoms with Gasteiger partial charge in [-0.05, 0) is 25.3 Å². The molecule has 1 N–H and O–H groups in total. The van der Waals surface area contributed by atoms with Gasteiger partial charge in [0.2, 0.25) is 0 Å². The summed E-state index contributed by atoms with van der Waals surface area (Å²) in [5.74, 6) is 0.193. The van der Waals surface area contributed by atoms with Crippen LogP contribution in [0.4, 0.5) is 0 Å². The van der Waals surface area contributed by atoms with E-state index in [0.717, 1.165) is 42.5 Å². The Labute approximate surface area is 120 Å². The Hall–Kier alpha value is -2.41. The molecule has 3 heterocycles. The molecule has 108 valence electrons. The minimum absolute atomic E-state index is 0.0631. The minimum Gasteiger partial charge on any atom is -0.507 e. The molecule has 2 aromatic heterocycles. The minimum atomic E-state index is -0.0631. The van der Waals surface area contributed by atoms with Crippen LogP contribution in [0.25, 0.3) is 16.6 Å². The smallest absolute Gasteiger partial charge is 0.150 e. The van der Waals surface area contributed by atoms with Gasteiger partial charge in [0.1, 0.15) is 18.4 Å². The van der Waals surface area contributed by atoms with Crippen molar-refractivity contribution in [1.29, 1.82) is 0 Å². The fraction of sp³-hybridized carbons (Fsp3) is 0.357. The Morgan fingerprint density at radius 2 is 2.05 bits per heavy atom. The van der Waals surface area contributed by atoms with Crippen LogP contribution in [-0.4, -0.2) is 36.3 Å². The van der Waals surface area contributed by atoms with E-state index < -0.39 is 0 Å². The number of phenolic OH excluding ortho intramolecular Hbond substituents is 1. The Balaban J connectivity index is 1.85. The summed E-state index contributed by atoms with van der Waals surface area (Å²) in [7, 11) is 0. The van der Waals surface area contributed by atoms with Gasteiger partial charge >= 0.3 is 0 Å². The summed E-state index contributed by atoms with van der Waals surface area (Å²) < 4.78 is 9.39. The summed E-state index contributed by atoms with van der Waals surface area (Å²) in [6.45, 7) is 0.753. The molecule has 0 saturated carbocycles. The monoisotopic (exact) mass is 285 g/mol. The highest BCUT2D eigenvalue weighted by Gasteiger charge is 2.20. The maximum atomic E-state index is 10.2. The second-order valence-corrected chi connectivity index (χ2v) is 5.18. The van der Waals surface area contributed by atoms with Crippen molar-refractivity contribution >= 4 is 10.9 Å². The van der Waals surface area contributed by atoms with Crippen molar-refractivity contribution in [2.45, 2.75) is 25.5 Å². The van der Waals surface area contributed by atoms with Crippen molar-refractivity contribution in [2.75, 3.05) is 6.61 Å². The van der Waals surface area contributed by atoms with Gasteiger partial charge in [0.05, 0.1) is 22.8 Å². The van der Waals surface area contributed by atoms with Crippen LogP contribution < -0.4 is 0 Å². The zero-order valence-corrected chi connectivity index (χ0v) is 11.4. The van der Waals surface area contributed by atoms with E-state index in [2.05, 4.69) is 15.3 Å². The summed E-state index contributed by atoms with van der Waals surface area (Å²) in [6.07, 6.45) is 7.96. The van der Waals surface area contributed by atoms with E-state index in [-0.39, 0.29) is 12.0 Å². The number of aromatic nitrogens is 5. The third-order valence-electron chi connectivity index (χ3n) is 3.82. The van der Waals surface area contributed by atoms with Crippen molar-refractivity contribution in [2.24, 2.45) is 0 Å². The van der Waals surface area contributed by atoms with Crippen molar-refractivity contribution < 1.29 is 9.84 Å². The summed E-state index contributed by atoms with van der Waals surface area (Å²) >= 11 is 0. The molecule has 1 aromatic carbocycles. The van der Waals surface area contributed by atoms with E-state index >= 15 is 0 Å². The maximum absolute atomic E-state index is 10.2. The number of hydrogen-bond acceptors (Lipinski definition) is 5. The molecule has 1 fully saturated rings. The number of benzene rings is 1. The summed E-state index contributed by atoms with van der Waals surface area (Å²) in [5.41, 5.74) is 1.65. The van der Waals surface area contributed by atoms with Crippen molar-refractivity contribution in [3.8, 4) is 11.4 Å². The molecule has 21 heavy (non-hydrogen) atoms. The van der Waals surface area contributed by atoms with Gasteiger partial charge in [0, 0.05) is 12.7 Å². The SMILES string of the molecule is Oc1cc(-n2cnnc2)cc2c1cnn2C1CCCCO1. The number of aromatic hydroxyl groups is 1. The molecule has 0 aliphatic carbocycles. The first-order chi connectivity index (χ1) is 10.3. The molecule has 1 saturated heterocycles. The van der Waals surface area contributed by atoms with Crippen molar-refractivity contribution in [3.05, 3.63) is 31.0 Å². The molecule has 4 rings (SSSR count). The highest BCUT2D eigenvalue weighted by molar-refractivity contribution is 5.87. The van der Waals surface area contributed by atoms with E-state index in [4.69, 9.17) is 4.74 Å². The standard InChI is InChI=1S/C14H15N5O2/c20-13-6-10(18-8-15-16-9-18)5-12-11(13)7-17-19(12)14-3-1-2-4-21-14/h5-9,14,20H,1-4H2. The average Bonchev–Trinajstić information content (AvgIpc) is 3.18. The fourth-order valence-electron chi connectivity index (χ4n) is 2.74. The molecule has 1 unspecified atom stereocenters. The van der Waals surface area contributed by atoms with Crippen molar-refractivity contribution in [1.82, 2.24) is 24.5 Å². The fourth-order valence-corrected chi connectivity index (χ4v) is 2.74. The predicted octanol–water partition coefficient (Wildman–Crippen LogP) is 2.02. The number of phenols is 1. The van der Waals surface area contributed by atoms with Gasteiger partial charge in [0.25, 0.3) is 0 Å². The van der Waals surface area contributed by atoms with Crippen LogP contribution in [0.15, 0.2) is 31.0 Å².